The topological polar surface area (TPSA) is 79.6 Å². The van der Waals surface area contributed by atoms with E-state index in [4.69, 9.17) is 4.42 Å². The lowest BCUT2D eigenvalue weighted by atomic mass is 10.1. The highest BCUT2D eigenvalue weighted by molar-refractivity contribution is 7.89. The normalized spacial score (nSPS) is 16.5. The molecule has 1 N–H and O–H groups in total. The fourth-order valence-electron chi connectivity index (χ4n) is 2.88. The number of carbonyl (C=O) groups excluding carboxylic acids is 1. The fraction of sp³-hybridized carbons (Fsp3) is 0.353. The van der Waals surface area contributed by atoms with Crippen molar-refractivity contribution in [3.05, 3.63) is 54.0 Å². The average Bonchev–Trinajstić information content (AvgIpc) is 3.15. The van der Waals surface area contributed by atoms with E-state index in [1.165, 1.54) is 6.26 Å². The van der Waals surface area contributed by atoms with Gasteiger partial charge in [0.15, 0.2) is 5.76 Å². The zero-order chi connectivity index (χ0) is 19.7. The number of hydrogen-bond acceptors (Lipinski definition) is 4. The van der Waals surface area contributed by atoms with Crippen LogP contribution in [0.5, 0.6) is 0 Å². The predicted octanol–water partition coefficient (Wildman–Crippen LogP) is 2.88. The van der Waals surface area contributed by atoms with Crippen molar-refractivity contribution in [1.82, 2.24) is 9.62 Å². The van der Waals surface area contributed by atoms with Crippen LogP contribution in [-0.4, -0.2) is 38.4 Å². The van der Waals surface area contributed by atoms with Crippen molar-refractivity contribution in [1.29, 1.82) is 0 Å². The van der Waals surface area contributed by atoms with Gasteiger partial charge in [-0.25, -0.2) is 13.1 Å². The number of sulfonamides is 1. The van der Waals surface area contributed by atoms with Gasteiger partial charge in [0.25, 0.3) is 5.91 Å². The molecule has 1 aliphatic heterocycles. The van der Waals surface area contributed by atoms with E-state index in [-0.39, 0.29) is 11.7 Å². The van der Waals surface area contributed by atoms with E-state index in [9.17, 15) is 26.4 Å². The number of piperidine rings is 1. The molecule has 0 saturated carbocycles. The molecule has 1 aliphatic rings. The molecule has 0 bridgehead atoms. The minimum atomic E-state index is -4.62. The van der Waals surface area contributed by atoms with E-state index in [0.29, 0.717) is 32.0 Å². The molecule has 1 aromatic heterocycles. The molecule has 0 radical (unpaired) electrons. The van der Waals surface area contributed by atoms with Gasteiger partial charge in [-0.1, -0.05) is 6.07 Å². The van der Waals surface area contributed by atoms with Gasteiger partial charge in [-0.2, -0.15) is 13.2 Å². The van der Waals surface area contributed by atoms with E-state index in [1.807, 2.05) is 0 Å². The van der Waals surface area contributed by atoms with Gasteiger partial charge in [-0.05, 0) is 43.2 Å². The van der Waals surface area contributed by atoms with Crippen LogP contribution in [-0.2, 0) is 16.2 Å². The Labute approximate surface area is 154 Å². The van der Waals surface area contributed by atoms with Gasteiger partial charge in [0, 0.05) is 19.1 Å². The van der Waals surface area contributed by atoms with E-state index >= 15 is 0 Å². The first-order valence-corrected chi connectivity index (χ1v) is 9.67. The highest BCUT2D eigenvalue weighted by Gasteiger charge is 2.33. The molecule has 2 heterocycles. The molecule has 1 saturated heterocycles. The second kappa shape index (κ2) is 7.35. The van der Waals surface area contributed by atoms with E-state index < -0.39 is 32.7 Å². The summed E-state index contributed by atoms with van der Waals surface area (Å²) in [5.74, 6) is -0.0721. The Kier molecular flexibility index (Phi) is 5.29. The van der Waals surface area contributed by atoms with Gasteiger partial charge in [-0.15, -0.1) is 0 Å². The van der Waals surface area contributed by atoms with Crippen molar-refractivity contribution < 1.29 is 30.8 Å². The van der Waals surface area contributed by atoms with Gasteiger partial charge < -0.3 is 9.32 Å². The molecule has 0 atom stereocenters. The standard InChI is InChI=1S/C17H17F3N2O4S/c18-17(19,20)12-3-1-4-14(11-12)27(24,25)21-13-6-8-22(9-7-13)16(23)15-5-2-10-26-15/h1-5,10-11,13,21H,6-9H2. The van der Waals surface area contributed by atoms with Crippen LogP contribution in [0.1, 0.15) is 29.0 Å². The molecule has 1 amide bonds. The first-order valence-electron chi connectivity index (χ1n) is 8.19. The van der Waals surface area contributed by atoms with Crippen LogP contribution < -0.4 is 4.72 Å². The predicted molar refractivity (Wildman–Crippen MR) is 89.4 cm³/mol. The highest BCUT2D eigenvalue weighted by Crippen LogP contribution is 2.30. The Bertz CT molecular complexity index is 903. The summed E-state index contributed by atoms with van der Waals surface area (Å²) in [5, 5.41) is 0. The summed E-state index contributed by atoms with van der Waals surface area (Å²) in [6, 6.07) is 6.28. The molecule has 27 heavy (non-hydrogen) atoms. The number of nitrogens with zero attached hydrogens (tertiary/aromatic N) is 1. The molecule has 2 aromatic rings. The molecule has 1 fully saturated rings. The summed E-state index contributed by atoms with van der Waals surface area (Å²) in [5.41, 5.74) is -1.02. The summed E-state index contributed by atoms with van der Waals surface area (Å²) < 4.78 is 70.7. The lowest BCUT2D eigenvalue weighted by Gasteiger charge is -2.31. The third-order valence-electron chi connectivity index (χ3n) is 4.31. The maximum absolute atomic E-state index is 12.8. The van der Waals surface area contributed by atoms with Crippen LogP contribution in [0.25, 0.3) is 0 Å². The van der Waals surface area contributed by atoms with Crippen molar-refractivity contribution in [2.24, 2.45) is 0 Å². The monoisotopic (exact) mass is 402 g/mol. The minimum absolute atomic E-state index is 0.206. The molecule has 0 unspecified atom stereocenters. The number of rotatable bonds is 4. The minimum Gasteiger partial charge on any atom is -0.459 e. The molecule has 0 spiro atoms. The van der Waals surface area contributed by atoms with Crippen molar-refractivity contribution in [3.63, 3.8) is 0 Å². The van der Waals surface area contributed by atoms with E-state index in [2.05, 4.69) is 4.72 Å². The van der Waals surface area contributed by atoms with Crippen molar-refractivity contribution in [2.75, 3.05) is 13.1 Å². The van der Waals surface area contributed by atoms with Gasteiger partial charge >= 0.3 is 6.18 Å². The number of carbonyl (C=O) groups is 1. The Morgan fingerprint density at radius 1 is 1.15 bits per heavy atom. The summed E-state index contributed by atoms with van der Waals surface area (Å²) in [6.45, 7) is 0.630. The number of halogens is 3. The number of amides is 1. The number of likely N-dealkylation sites (tertiary alicyclic amines) is 1. The maximum atomic E-state index is 12.8. The number of alkyl halides is 3. The summed E-state index contributed by atoms with van der Waals surface area (Å²) in [6.07, 6.45) is -2.53. The van der Waals surface area contributed by atoms with Crippen molar-refractivity contribution in [2.45, 2.75) is 30.0 Å². The molecule has 6 nitrogen and oxygen atoms in total. The lowest BCUT2D eigenvalue weighted by molar-refractivity contribution is -0.137. The maximum Gasteiger partial charge on any atom is 0.416 e. The number of nitrogens with one attached hydrogen (secondary N) is 1. The smallest absolute Gasteiger partial charge is 0.416 e. The van der Waals surface area contributed by atoms with Crippen LogP contribution >= 0.6 is 0 Å². The van der Waals surface area contributed by atoms with Crippen LogP contribution in [0.4, 0.5) is 13.2 Å². The van der Waals surface area contributed by atoms with Crippen molar-refractivity contribution >= 4 is 15.9 Å². The average molecular weight is 402 g/mol. The molecule has 3 rings (SSSR count). The SMILES string of the molecule is O=C(c1ccco1)N1CCC(NS(=O)(=O)c2cccc(C(F)(F)F)c2)CC1. The van der Waals surface area contributed by atoms with E-state index in [0.717, 1.165) is 18.2 Å². The molecule has 10 heteroatoms. The second-order valence-corrected chi connectivity index (χ2v) is 7.90. The molecule has 146 valence electrons. The fourth-order valence-corrected chi connectivity index (χ4v) is 4.23. The Hall–Kier alpha value is -2.33. The molecular formula is C17H17F3N2O4S. The zero-order valence-corrected chi connectivity index (χ0v) is 14.9. The Morgan fingerprint density at radius 2 is 1.85 bits per heavy atom. The zero-order valence-electron chi connectivity index (χ0n) is 14.1. The van der Waals surface area contributed by atoms with E-state index in [1.54, 1.807) is 17.0 Å². The molecular weight excluding hydrogens is 385 g/mol. The molecule has 0 aliphatic carbocycles. The first-order chi connectivity index (χ1) is 12.7. The van der Waals surface area contributed by atoms with Crippen molar-refractivity contribution in [3.8, 4) is 0 Å². The van der Waals surface area contributed by atoms with Crippen LogP contribution in [0, 0.1) is 0 Å². The first kappa shape index (κ1) is 19.4. The third-order valence-corrected chi connectivity index (χ3v) is 5.83. The van der Waals surface area contributed by atoms with Gasteiger partial charge in [0.1, 0.15) is 0 Å². The number of benzene rings is 1. The Balaban J connectivity index is 1.64. The summed E-state index contributed by atoms with van der Waals surface area (Å²) in [4.78, 5) is 13.3. The van der Waals surface area contributed by atoms with Gasteiger partial charge in [0.2, 0.25) is 10.0 Å². The lowest BCUT2D eigenvalue weighted by Crippen LogP contribution is -2.46. The summed E-state index contributed by atoms with van der Waals surface area (Å²) >= 11 is 0. The van der Waals surface area contributed by atoms with Crippen LogP contribution in [0.15, 0.2) is 52.0 Å². The molecule has 1 aromatic carbocycles. The quantitative estimate of drug-likeness (QED) is 0.853. The Morgan fingerprint density at radius 3 is 2.44 bits per heavy atom. The van der Waals surface area contributed by atoms with Crippen LogP contribution in [0.3, 0.4) is 0 Å². The summed E-state index contributed by atoms with van der Waals surface area (Å²) in [7, 11) is -4.10. The van der Waals surface area contributed by atoms with Gasteiger partial charge in [-0.3, -0.25) is 4.79 Å². The number of furan rings is 1. The van der Waals surface area contributed by atoms with Gasteiger partial charge in [0.05, 0.1) is 16.7 Å². The second-order valence-electron chi connectivity index (χ2n) is 6.19. The largest absolute Gasteiger partial charge is 0.459 e. The highest BCUT2D eigenvalue weighted by atomic mass is 32.2. The number of hydrogen-bond donors (Lipinski definition) is 1. The third kappa shape index (κ3) is 4.51. The van der Waals surface area contributed by atoms with Crippen LogP contribution in [0.2, 0.25) is 0 Å².